The zero-order chi connectivity index (χ0) is 7.98. The van der Waals surface area contributed by atoms with Gasteiger partial charge >= 0.3 is 16.6 Å². The molecule has 0 unspecified atom stereocenters. The lowest BCUT2D eigenvalue weighted by Gasteiger charge is -2.03. The molecule has 0 N–H and O–H groups in total. The maximum absolute atomic E-state index is 10.8. The number of carbonyl (C=O) groups excluding carboxylic acids is 1. The van der Waals surface area contributed by atoms with Crippen molar-refractivity contribution in [1.82, 2.24) is 0 Å². The summed E-state index contributed by atoms with van der Waals surface area (Å²) in [5.74, 6) is 0.830. The molecule has 0 heterocycles. The van der Waals surface area contributed by atoms with E-state index in [1.54, 1.807) is 0 Å². The molecule has 0 aliphatic heterocycles. The van der Waals surface area contributed by atoms with Gasteiger partial charge < -0.3 is 3.79 Å². The minimum Gasteiger partial charge on any atom is -0.657 e. The van der Waals surface area contributed by atoms with Gasteiger partial charge in [-0.3, -0.25) is 4.79 Å². The largest absolute Gasteiger partial charge is 0.657 e. The Hall–Kier alpha value is -0.258. The van der Waals surface area contributed by atoms with Crippen molar-refractivity contribution in [1.29, 1.82) is 0 Å². The van der Waals surface area contributed by atoms with Crippen LogP contribution in [0.5, 0.6) is 0 Å². The molecule has 0 aromatic carbocycles. The molecule has 0 fully saturated rings. The third-order valence-corrected chi connectivity index (χ3v) is 1.47. The molecular weight excluding hydrogens is 143 g/mol. The van der Waals surface area contributed by atoms with E-state index in [4.69, 9.17) is 3.79 Å². The molecule has 0 aliphatic carbocycles. The predicted molar refractivity (Wildman–Crippen MR) is 40.5 cm³/mol. The van der Waals surface area contributed by atoms with Gasteiger partial charge in [-0.25, -0.2) is 0 Å². The van der Waals surface area contributed by atoms with Crippen LogP contribution in [0, 0.1) is 0 Å². The summed E-state index contributed by atoms with van der Waals surface area (Å²) in [6.07, 6.45) is 2.83. The molecule has 0 spiro atoms. The third kappa shape index (κ3) is 3.71. The number of hydrogen-bond donors (Lipinski definition) is 0. The van der Waals surface area contributed by atoms with E-state index in [9.17, 15) is 4.79 Å². The Labute approximate surface area is 70.0 Å². The molecule has 0 aromatic heterocycles. The predicted octanol–water partition coefficient (Wildman–Crippen LogP) is 1.36. The maximum atomic E-state index is 10.8. The van der Waals surface area contributed by atoms with Gasteiger partial charge in [-0.2, -0.15) is 0 Å². The van der Waals surface area contributed by atoms with Gasteiger partial charge in [0.05, 0.1) is 5.76 Å². The van der Waals surface area contributed by atoms with Crippen LogP contribution in [0.1, 0.15) is 26.7 Å². The van der Waals surface area contributed by atoms with Crippen molar-refractivity contribution in [3.63, 3.8) is 0 Å². The monoisotopic (exact) mass is 154 g/mol. The SMILES string of the molecule is CCC(=O)/C=C(/CC)[O][Al]. The molecule has 0 bridgehead atoms. The van der Waals surface area contributed by atoms with Gasteiger partial charge in [-0.05, 0) is 6.42 Å². The first-order valence-electron chi connectivity index (χ1n) is 3.34. The van der Waals surface area contributed by atoms with Gasteiger partial charge in [-0.1, -0.05) is 13.8 Å². The molecule has 2 radical (unpaired) electrons. The number of ketones is 1. The van der Waals surface area contributed by atoms with Gasteiger partial charge in [-0.15, -0.1) is 0 Å². The van der Waals surface area contributed by atoms with E-state index in [0.29, 0.717) is 6.42 Å². The summed E-state index contributed by atoms with van der Waals surface area (Å²) in [6, 6.07) is 0. The van der Waals surface area contributed by atoms with Crippen LogP contribution in [0.25, 0.3) is 0 Å². The second kappa shape index (κ2) is 5.52. The van der Waals surface area contributed by atoms with Crippen LogP contribution >= 0.6 is 0 Å². The maximum Gasteiger partial charge on any atom is 0.481 e. The van der Waals surface area contributed by atoms with E-state index >= 15 is 0 Å². The standard InChI is InChI=1S/C7H12O2.Al/c1-3-6(8)5-7(9)4-2;/h5,8H,3-4H2,1-2H3;/q;+1/p-1/b6-5-;. The zero-order valence-electron chi connectivity index (χ0n) is 6.39. The van der Waals surface area contributed by atoms with Crippen LogP contribution in [-0.4, -0.2) is 22.4 Å². The zero-order valence-corrected chi connectivity index (χ0v) is 7.54. The molecule has 2 nitrogen and oxygen atoms in total. The van der Waals surface area contributed by atoms with Crippen molar-refractivity contribution in [3.8, 4) is 0 Å². The van der Waals surface area contributed by atoms with E-state index in [1.807, 2.05) is 13.8 Å². The molecule has 0 rings (SSSR count). The smallest absolute Gasteiger partial charge is 0.481 e. The average Bonchev–Trinajstić information content (AvgIpc) is 1.99. The van der Waals surface area contributed by atoms with Crippen LogP contribution < -0.4 is 0 Å². The Kier molecular flexibility index (Phi) is 5.38. The molecule has 54 valence electrons. The quantitative estimate of drug-likeness (QED) is 0.347. The van der Waals surface area contributed by atoms with E-state index in [1.165, 1.54) is 6.08 Å². The molecule has 3 heteroatoms. The second-order valence-electron chi connectivity index (χ2n) is 1.90. The van der Waals surface area contributed by atoms with Crippen molar-refractivity contribution in [2.75, 3.05) is 0 Å². The fourth-order valence-corrected chi connectivity index (χ4v) is 0.736. The highest BCUT2D eigenvalue weighted by atomic mass is 27.1. The summed E-state index contributed by atoms with van der Waals surface area (Å²) in [5, 5.41) is 0. The first-order chi connectivity index (χ1) is 4.74. The minimum atomic E-state index is 0.110. The highest BCUT2D eigenvalue weighted by Crippen LogP contribution is 2.00. The fourth-order valence-electron chi connectivity index (χ4n) is 0.501. The van der Waals surface area contributed by atoms with Crippen molar-refractivity contribution in [3.05, 3.63) is 11.8 Å². The van der Waals surface area contributed by atoms with Crippen molar-refractivity contribution in [2.45, 2.75) is 26.7 Å². The van der Waals surface area contributed by atoms with Crippen LogP contribution in [0.4, 0.5) is 0 Å². The van der Waals surface area contributed by atoms with Crippen molar-refractivity contribution < 1.29 is 8.58 Å². The topological polar surface area (TPSA) is 26.3 Å². The lowest BCUT2D eigenvalue weighted by atomic mass is 10.2. The summed E-state index contributed by atoms with van der Waals surface area (Å²) in [4.78, 5) is 10.8. The van der Waals surface area contributed by atoms with Crippen molar-refractivity contribution in [2.24, 2.45) is 0 Å². The molecular formula is C7H11AlO2. The van der Waals surface area contributed by atoms with Gasteiger partial charge in [0.2, 0.25) is 0 Å². The normalized spacial score (nSPS) is 11.2. The number of carbonyl (C=O) groups is 1. The minimum absolute atomic E-state index is 0.110. The third-order valence-electron chi connectivity index (χ3n) is 1.17. The molecule has 10 heavy (non-hydrogen) atoms. The van der Waals surface area contributed by atoms with E-state index in [0.717, 1.165) is 12.2 Å². The molecule has 0 aromatic rings. The van der Waals surface area contributed by atoms with Crippen LogP contribution in [-0.2, 0) is 8.58 Å². The Morgan fingerprint density at radius 3 is 2.40 bits per heavy atom. The van der Waals surface area contributed by atoms with E-state index in [-0.39, 0.29) is 5.78 Å². The van der Waals surface area contributed by atoms with Gasteiger partial charge in [0.1, 0.15) is 0 Å². The number of allylic oxidation sites excluding steroid dienone is 2. The lowest BCUT2D eigenvalue weighted by molar-refractivity contribution is -0.114. The fraction of sp³-hybridized carbons (Fsp3) is 0.571. The highest BCUT2D eigenvalue weighted by Gasteiger charge is 1.94. The van der Waals surface area contributed by atoms with Crippen LogP contribution in [0.3, 0.4) is 0 Å². The summed E-state index contributed by atoms with van der Waals surface area (Å²) in [7, 11) is 0. The molecule has 0 amide bonds. The summed E-state index contributed by atoms with van der Waals surface area (Å²) >= 11 is 2.13. The van der Waals surface area contributed by atoms with Gasteiger partial charge in [0, 0.05) is 12.5 Å². The summed E-state index contributed by atoms with van der Waals surface area (Å²) < 4.78 is 4.83. The number of hydrogen-bond acceptors (Lipinski definition) is 2. The molecule has 0 aliphatic rings. The Morgan fingerprint density at radius 1 is 1.50 bits per heavy atom. The number of rotatable bonds is 4. The summed E-state index contributed by atoms with van der Waals surface area (Å²) in [5.41, 5.74) is 0. The van der Waals surface area contributed by atoms with Gasteiger partial charge in [0.25, 0.3) is 0 Å². The van der Waals surface area contributed by atoms with Crippen LogP contribution in [0.2, 0.25) is 0 Å². The van der Waals surface area contributed by atoms with Gasteiger partial charge in [0.15, 0.2) is 5.78 Å². The molecule has 0 atom stereocenters. The van der Waals surface area contributed by atoms with Crippen molar-refractivity contribution >= 4 is 22.4 Å². The Bertz CT molecular complexity index is 135. The van der Waals surface area contributed by atoms with Crippen LogP contribution in [0.15, 0.2) is 11.8 Å². The first-order valence-corrected chi connectivity index (χ1v) is 3.81. The molecule has 0 saturated heterocycles. The van der Waals surface area contributed by atoms with E-state index < -0.39 is 0 Å². The molecule has 0 saturated carbocycles. The second-order valence-corrected chi connectivity index (χ2v) is 2.14. The summed E-state index contributed by atoms with van der Waals surface area (Å²) in [6.45, 7) is 3.77. The first kappa shape index (κ1) is 9.74. The Morgan fingerprint density at radius 2 is 2.10 bits per heavy atom. The Balaban J connectivity index is 3.96. The average molecular weight is 154 g/mol. The highest BCUT2D eigenvalue weighted by molar-refractivity contribution is 5.99. The van der Waals surface area contributed by atoms with E-state index in [2.05, 4.69) is 16.6 Å². The lowest BCUT2D eigenvalue weighted by Crippen LogP contribution is -1.94.